The van der Waals surface area contributed by atoms with E-state index in [1.807, 2.05) is 13.8 Å². The number of hydrogen-bond donors (Lipinski definition) is 2. The molecule has 2 N–H and O–H groups in total. The van der Waals surface area contributed by atoms with Crippen molar-refractivity contribution in [3.63, 3.8) is 0 Å². The molecular formula is C23H29N6+. The summed E-state index contributed by atoms with van der Waals surface area (Å²) in [4.78, 5) is 4.31. The van der Waals surface area contributed by atoms with Gasteiger partial charge in [-0.3, -0.25) is 4.99 Å². The zero-order valence-corrected chi connectivity index (χ0v) is 17.6. The van der Waals surface area contributed by atoms with Gasteiger partial charge in [0.25, 0.3) is 5.65 Å². The number of aromatic nitrogens is 2. The number of fused-ring (bicyclic) bond motifs is 1. The van der Waals surface area contributed by atoms with E-state index in [0.717, 1.165) is 23.4 Å². The highest BCUT2D eigenvalue weighted by Gasteiger charge is 2.12. The average Bonchev–Trinajstić information content (AvgIpc) is 3.05. The number of aliphatic imine (C=N–C) groups is 1. The Morgan fingerprint density at radius 3 is 2.52 bits per heavy atom. The summed E-state index contributed by atoms with van der Waals surface area (Å²) in [5, 5.41) is 7.40. The van der Waals surface area contributed by atoms with Gasteiger partial charge in [0.15, 0.2) is 5.69 Å². The molecule has 0 bridgehead atoms. The number of pyridine rings is 1. The van der Waals surface area contributed by atoms with Crippen LogP contribution in [0.15, 0.2) is 58.8 Å². The lowest BCUT2D eigenvalue weighted by atomic mass is 10.1. The Kier molecular flexibility index (Phi) is 6.79. The van der Waals surface area contributed by atoms with Gasteiger partial charge in [0.1, 0.15) is 11.9 Å². The third-order valence-electron chi connectivity index (χ3n) is 4.63. The van der Waals surface area contributed by atoms with Crippen LogP contribution in [-0.2, 0) is 7.05 Å². The van der Waals surface area contributed by atoms with Crippen LogP contribution in [0.25, 0.3) is 17.8 Å². The van der Waals surface area contributed by atoms with Crippen molar-refractivity contribution < 1.29 is 4.57 Å². The number of benzene rings is 1. The second kappa shape index (κ2) is 9.68. The molecule has 6 nitrogen and oxygen atoms in total. The summed E-state index contributed by atoms with van der Waals surface area (Å²) < 4.78 is 4.39. The lowest BCUT2D eigenvalue weighted by Crippen LogP contribution is -2.34. The van der Waals surface area contributed by atoms with Gasteiger partial charge in [0.2, 0.25) is 5.96 Å². The summed E-state index contributed by atoms with van der Waals surface area (Å²) in [5.41, 5.74) is 8.66. The summed E-state index contributed by atoms with van der Waals surface area (Å²) in [6, 6.07) is 14.6. The Bertz CT molecular complexity index is 1040. The molecule has 0 aliphatic rings. The van der Waals surface area contributed by atoms with Gasteiger partial charge in [0, 0.05) is 19.2 Å². The van der Waals surface area contributed by atoms with Gasteiger partial charge in [-0.15, -0.1) is 0 Å². The molecule has 2 heterocycles. The van der Waals surface area contributed by atoms with Gasteiger partial charge in [-0.1, -0.05) is 36.4 Å². The highest BCUT2D eigenvalue weighted by atomic mass is 15.4. The molecule has 150 valence electrons. The zero-order valence-electron chi connectivity index (χ0n) is 17.6. The maximum Gasteiger partial charge on any atom is 0.286 e. The van der Waals surface area contributed by atoms with Crippen molar-refractivity contribution in [1.29, 1.82) is 0 Å². The predicted molar refractivity (Wildman–Crippen MR) is 121 cm³/mol. The minimum absolute atomic E-state index is 0.689. The van der Waals surface area contributed by atoms with Crippen LogP contribution in [0, 0.1) is 6.92 Å². The minimum atomic E-state index is 0.689. The van der Waals surface area contributed by atoms with Gasteiger partial charge < -0.3 is 5.32 Å². The normalized spacial score (nSPS) is 12.3. The summed E-state index contributed by atoms with van der Waals surface area (Å²) in [5.74, 6) is 0.689. The van der Waals surface area contributed by atoms with Gasteiger partial charge in [-0.25, -0.2) is 9.99 Å². The van der Waals surface area contributed by atoms with Gasteiger partial charge in [0.05, 0.1) is 13.3 Å². The fourth-order valence-corrected chi connectivity index (χ4v) is 3.06. The molecule has 2 aromatic heterocycles. The molecule has 0 aliphatic heterocycles. The Labute approximate surface area is 172 Å². The fourth-order valence-electron chi connectivity index (χ4n) is 3.06. The number of imidazole rings is 1. The van der Waals surface area contributed by atoms with Crippen molar-refractivity contribution in [3.8, 4) is 0 Å². The van der Waals surface area contributed by atoms with E-state index in [1.54, 1.807) is 6.21 Å². The molecule has 0 atom stereocenters. The SMILES string of the molecule is CCN=C(NCC)N/N=C/c1ccc(/C=C/c2cn3c(C)cccc3[n+]2C)cc1. The van der Waals surface area contributed by atoms with Crippen LogP contribution < -0.4 is 15.3 Å². The van der Waals surface area contributed by atoms with Crippen molar-refractivity contribution in [2.75, 3.05) is 13.1 Å². The first kappa shape index (κ1) is 20.3. The van der Waals surface area contributed by atoms with Gasteiger partial charge in [-0.05, 0) is 44.0 Å². The summed E-state index contributed by atoms with van der Waals surface area (Å²) in [7, 11) is 2.09. The molecular weight excluding hydrogens is 360 g/mol. The fraction of sp³-hybridized carbons (Fsp3) is 0.261. The number of hydrogen-bond acceptors (Lipinski definition) is 2. The van der Waals surface area contributed by atoms with Crippen LogP contribution in [0.5, 0.6) is 0 Å². The van der Waals surface area contributed by atoms with Crippen LogP contribution in [0.4, 0.5) is 0 Å². The van der Waals surface area contributed by atoms with Crippen LogP contribution in [0.2, 0.25) is 0 Å². The molecule has 0 spiro atoms. The highest BCUT2D eigenvalue weighted by molar-refractivity contribution is 5.84. The molecule has 0 unspecified atom stereocenters. The number of aryl methyl sites for hydroxylation is 2. The van der Waals surface area contributed by atoms with Crippen molar-refractivity contribution in [2.45, 2.75) is 20.8 Å². The Morgan fingerprint density at radius 2 is 1.83 bits per heavy atom. The molecule has 29 heavy (non-hydrogen) atoms. The van der Waals surface area contributed by atoms with E-state index in [4.69, 9.17) is 0 Å². The number of nitrogens with one attached hydrogen (secondary N) is 2. The third-order valence-corrected chi connectivity index (χ3v) is 4.63. The average molecular weight is 390 g/mol. The van der Waals surface area contributed by atoms with Crippen molar-refractivity contribution >= 4 is 30.0 Å². The van der Waals surface area contributed by atoms with Crippen LogP contribution in [0.3, 0.4) is 0 Å². The minimum Gasteiger partial charge on any atom is -0.355 e. The lowest BCUT2D eigenvalue weighted by Gasteiger charge is -2.05. The van der Waals surface area contributed by atoms with E-state index >= 15 is 0 Å². The molecule has 6 heteroatoms. The van der Waals surface area contributed by atoms with E-state index in [9.17, 15) is 0 Å². The predicted octanol–water partition coefficient (Wildman–Crippen LogP) is 3.15. The molecule has 0 saturated heterocycles. The zero-order chi connectivity index (χ0) is 20.6. The third kappa shape index (κ3) is 5.10. The molecule has 0 fully saturated rings. The van der Waals surface area contributed by atoms with Gasteiger partial charge >= 0.3 is 0 Å². The quantitative estimate of drug-likeness (QED) is 0.294. The Morgan fingerprint density at radius 1 is 1.07 bits per heavy atom. The molecule has 0 amide bonds. The van der Waals surface area contributed by atoms with Gasteiger partial charge in [-0.2, -0.15) is 9.50 Å². The highest BCUT2D eigenvalue weighted by Crippen LogP contribution is 2.10. The van der Waals surface area contributed by atoms with Crippen molar-refractivity contribution in [3.05, 3.63) is 71.2 Å². The van der Waals surface area contributed by atoms with Crippen molar-refractivity contribution in [2.24, 2.45) is 17.1 Å². The molecule has 0 radical (unpaired) electrons. The van der Waals surface area contributed by atoms with Crippen LogP contribution in [-0.4, -0.2) is 29.7 Å². The van der Waals surface area contributed by atoms with Crippen LogP contribution >= 0.6 is 0 Å². The molecule has 3 aromatic rings. The Balaban J connectivity index is 1.68. The second-order valence-electron chi connectivity index (χ2n) is 6.73. The van der Waals surface area contributed by atoms with Crippen molar-refractivity contribution in [1.82, 2.24) is 15.1 Å². The summed E-state index contributed by atoms with van der Waals surface area (Å²) >= 11 is 0. The Hall–Kier alpha value is -3.41. The molecule has 3 rings (SSSR count). The number of hydrazone groups is 1. The summed E-state index contributed by atoms with van der Waals surface area (Å²) in [6.45, 7) is 7.65. The van der Waals surface area contributed by atoms with E-state index < -0.39 is 0 Å². The van der Waals surface area contributed by atoms with E-state index in [-0.39, 0.29) is 0 Å². The monoisotopic (exact) mass is 389 g/mol. The number of rotatable bonds is 6. The summed E-state index contributed by atoms with van der Waals surface area (Å²) in [6.07, 6.45) is 8.22. The first-order valence-electron chi connectivity index (χ1n) is 9.94. The molecule has 0 saturated carbocycles. The van der Waals surface area contributed by atoms with E-state index in [1.165, 1.54) is 11.3 Å². The first-order valence-corrected chi connectivity index (χ1v) is 9.94. The molecule has 1 aromatic carbocycles. The topological polar surface area (TPSA) is 57.1 Å². The lowest BCUT2D eigenvalue weighted by molar-refractivity contribution is -0.646. The van der Waals surface area contributed by atoms with E-state index in [2.05, 4.69) is 105 Å². The maximum atomic E-state index is 4.31. The van der Waals surface area contributed by atoms with E-state index in [0.29, 0.717) is 12.5 Å². The number of guanidine groups is 1. The smallest absolute Gasteiger partial charge is 0.286 e. The second-order valence-corrected chi connectivity index (χ2v) is 6.73. The van der Waals surface area contributed by atoms with Crippen LogP contribution in [0.1, 0.15) is 36.4 Å². The largest absolute Gasteiger partial charge is 0.355 e. The standard InChI is InChI=1S/C23H29N6/c1-5-24-23(25-6-2)27-26-16-20-12-10-19(11-13-20)14-15-21-17-29-18(3)8-7-9-22(29)28(21)4/h7-17H,5-6H2,1-4H3,(H2,24,25,27)/q+1/b15-14+,26-16+. The first-order chi connectivity index (χ1) is 14.1. The maximum absolute atomic E-state index is 4.31. The molecule has 0 aliphatic carbocycles. The number of nitrogens with zero attached hydrogens (tertiary/aromatic N) is 4.